The molecule has 0 saturated carbocycles. The minimum Gasteiger partial charge on any atom is -0.369 e. The molecule has 4 heterocycles. The lowest BCUT2D eigenvalue weighted by atomic mass is 9.85. The van der Waals surface area contributed by atoms with E-state index in [4.69, 9.17) is 4.74 Å². The number of carbonyl (C=O) groups is 1. The molecule has 2 aromatic heterocycles. The first kappa shape index (κ1) is 15.8. The van der Waals surface area contributed by atoms with E-state index in [1.807, 2.05) is 36.4 Å². The number of likely N-dealkylation sites (tertiary alicyclic amines) is 1. The molecule has 0 aromatic carbocycles. The summed E-state index contributed by atoms with van der Waals surface area (Å²) in [6.07, 6.45) is 5.21. The molecule has 2 aliphatic heterocycles. The number of aryl methyl sites for hydroxylation is 2. The summed E-state index contributed by atoms with van der Waals surface area (Å²) in [5.41, 5.74) is 3.26. The van der Waals surface area contributed by atoms with Crippen LogP contribution in [0.5, 0.6) is 0 Å². The van der Waals surface area contributed by atoms with Crippen molar-refractivity contribution in [2.24, 2.45) is 7.05 Å². The molecule has 2 aliphatic rings. The molecule has 0 bridgehead atoms. The van der Waals surface area contributed by atoms with Crippen LogP contribution in [0.4, 0.5) is 0 Å². The van der Waals surface area contributed by atoms with Crippen LogP contribution in [0, 0.1) is 6.92 Å². The van der Waals surface area contributed by atoms with Gasteiger partial charge in [0, 0.05) is 36.8 Å². The van der Waals surface area contributed by atoms with E-state index in [0.717, 1.165) is 50.2 Å². The lowest BCUT2D eigenvalue weighted by Gasteiger charge is -2.43. The van der Waals surface area contributed by atoms with Crippen LogP contribution in [0.1, 0.15) is 34.5 Å². The van der Waals surface area contributed by atoms with Crippen molar-refractivity contribution < 1.29 is 9.53 Å². The molecule has 128 valence electrons. The quantitative estimate of drug-likeness (QED) is 0.840. The van der Waals surface area contributed by atoms with Crippen molar-refractivity contribution in [3.8, 4) is 0 Å². The summed E-state index contributed by atoms with van der Waals surface area (Å²) in [5.74, 6) is 0.197. The van der Waals surface area contributed by atoms with E-state index < -0.39 is 0 Å². The minimum atomic E-state index is -0.150. The Morgan fingerprint density at radius 2 is 2.21 bits per heavy atom. The SMILES string of the molecule is Cc1nn(C)cc1CC(=O)N1CCC2(CC1)OCCc1ccsc12. The Balaban J connectivity index is 1.43. The molecule has 0 aliphatic carbocycles. The monoisotopic (exact) mass is 345 g/mol. The zero-order valence-corrected chi connectivity index (χ0v) is 15.1. The molecule has 1 fully saturated rings. The van der Waals surface area contributed by atoms with E-state index >= 15 is 0 Å². The fourth-order valence-electron chi connectivity index (χ4n) is 3.94. The molecule has 0 N–H and O–H groups in total. The molecule has 4 rings (SSSR count). The normalized spacial score (nSPS) is 19.5. The van der Waals surface area contributed by atoms with Crippen LogP contribution >= 0.6 is 11.3 Å². The maximum Gasteiger partial charge on any atom is 0.227 e. The van der Waals surface area contributed by atoms with Gasteiger partial charge in [0.05, 0.1) is 18.7 Å². The standard InChI is InChI=1S/C18H23N3O2S/c1-13-15(12-20(2)19-13)11-16(22)21-7-5-18(6-8-21)17-14(3-9-23-18)4-10-24-17/h4,10,12H,3,5-9,11H2,1-2H3. The van der Waals surface area contributed by atoms with Gasteiger partial charge in [0.2, 0.25) is 5.91 Å². The van der Waals surface area contributed by atoms with Gasteiger partial charge in [-0.05, 0) is 43.2 Å². The third kappa shape index (κ3) is 2.67. The Morgan fingerprint density at radius 3 is 2.92 bits per heavy atom. The fraction of sp³-hybridized carbons (Fsp3) is 0.556. The van der Waals surface area contributed by atoms with Crippen molar-refractivity contribution in [1.29, 1.82) is 0 Å². The maximum absolute atomic E-state index is 12.6. The highest BCUT2D eigenvalue weighted by molar-refractivity contribution is 7.10. The van der Waals surface area contributed by atoms with Crippen molar-refractivity contribution in [3.63, 3.8) is 0 Å². The maximum atomic E-state index is 12.6. The van der Waals surface area contributed by atoms with Crippen molar-refractivity contribution in [3.05, 3.63) is 39.3 Å². The fourth-order valence-corrected chi connectivity index (χ4v) is 5.11. The molecular weight excluding hydrogens is 322 g/mol. The summed E-state index contributed by atoms with van der Waals surface area (Å²) in [5, 5.41) is 6.49. The molecule has 6 heteroatoms. The summed E-state index contributed by atoms with van der Waals surface area (Å²) < 4.78 is 7.99. The van der Waals surface area contributed by atoms with Gasteiger partial charge < -0.3 is 9.64 Å². The summed E-state index contributed by atoms with van der Waals surface area (Å²) in [7, 11) is 1.89. The Labute approximate surface area is 146 Å². The Morgan fingerprint density at radius 1 is 1.42 bits per heavy atom. The van der Waals surface area contributed by atoms with Crippen molar-refractivity contribution in [1.82, 2.24) is 14.7 Å². The van der Waals surface area contributed by atoms with Gasteiger partial charge in [0.1, 0.15) is 5.60 Å². The Kier molecular flexibility index (Phi) is 3.96. The average Bonchev–Trinajstić information content (AvgIpc) is 3.16. The van der Waals surface area contributed by atoms with E-state index in [1.165, 1.54) is 10.4 Å². The highest BCUT2D eigenvalue weighted by atomic mass is 32.1. The third-order valence-electron chi connectivity index (χ3n) is 5.29. The van der Waals surface area contributed by atoms with Crippen LogP contribution in [-0.2, 0) is 35.0 Å². The lowest BCUT2D eigenvalue weighted by Crippen LogP contribution is -2.48. The molecule has 0 atom stereocenters. The van der Waals surface area contributed by atoms with Gasteiger partial charge in [-0.15, -0.1) is 11.3 Å². The molecule has 24 heavy (non-hydrogen) atoms. The van der Waals surface area contributed by atoms with Gasteiger partial charge in [0.15, 0.2) is 0 Å². The van der Waals surface area contributed by atoms with Crippen molar-refractivity contribution in [2.75, 3.05) is 19.7 Å². The van der Waals surface area contributed by atoms with Gasteiger partial charge in [-0.25, -0.2) is 0 Å². The number of carbonyl (C=O) groups excluding carboxylic acids is 1. The molecule has 1 saturated heterocycles. The number of aromatic nitrogens is 2. The molecule has 2 aromatic rings. The van der Waals surface area contributed by atoms with E-state index in [9.17, 15) is 4.79 Å². The predicted molar refractivity (Wildman–Crippen MR) is 93.1 cm³/mol. The van der Waals surface area contributed by atoms with Gasteiger partial charge in [-0.1, -0.05) is 0 Å². The number of thiophene rings is 1. The second-order valence-corrected chi connectivity index (χ2v) is 7.75. The van der Waals surface area contributed by atoms with E-state index in [1.54, 1.807) is 4.68 Å². The molecule has 1 spiro atoms. The van der Waals surface area contributed by atoms with Gasteiger partial charge in [-0.3, -0.25) is 9.48 Å². The highest BCUT2D eigenvalue weighted by Gasteiger charge is 2.42. The second kappa shape index (κ2) is 6.01. The van der Waals surface area contributed by atoms with Gasteiger partial charge >= 0.3 is 0 Å². The zero-order chi connectivity index (χ0) is 16.7. The van der Waals surface area contributed by atoms with Crippen LogP contribution in [0.3, 0.4) is 0 Å². The molecule has 5 nitrogen and oxygen atoms in total. The first-order chi connectivity index (χ1) is 11.6. The summed E-state index contributed by atoms with van der Waals surface area (Å²) in [4.78, 5) is 16.0. The average molecular weight is 345 g/mol. The number of hydrogen-bond donors (Lipinski definition) is 0. The van der Waals surface area contributed by atoms with Gasteiger partial charge in [0.25, 0.3) is 0 Å². The number of ether oxygens (including phenoxy) is 1. The zero-order valence-electron chi connectivity index (χ0n) is 14.2. The molecule has 0 radical (unpaired) electrons. The molecule has 1 amide bonds. The van der Waals surface area contributed by atoms with E-state index in [2.05, 4.69) is 16.5 Å². The van der Waals surface area contributed by atoms with Crippen molar-refractivity contribution in [2.45, 2.75) is 38.2 Å². The minimum absolute atomic E-state index is 0.150. The third-order valence-corrected chi connectivity index (χ3v) is 6.43. The van der Waals surface area contributed by atoms with E-state index in [-0.39, 0.29) is 11.5 Å². The number of fused-ring (bicyclic) bond motifs is 2. The van der Waals surface area contributed by atoms with E-state index in [0.29, 0.717) is 6.42 Å². The second-order valence-electron chi connectivity index (χ2n) is 6.84. The summed E-state index contributed by atoms with van der Waals surface area (Å²) >= 11 is 1.81. The molecule has 0 unspecified atom stereocenters. The lowest BCUT2D eigenvalue weighted by molar-refractivity contribution is -0.139. The first-order valence-electron chi connectivity index (χ1n) is 8.55. The topological polar surface area (TPSA) is 47.4 Å². The smallest absolute Gasteiger partial charge is 0.227 e. The summed E-state index contributed by atoms with van der Waals surface area (Å²) in [6, 6.07) is 2.23. The largest absolute Gasteiger partial charge is 0.369 e. The predicted octanol–water partition coefficient (Wildman–Crippen LogP) is 2.42. The number of rotatable bonds is 2. The van der Waals surface area contributed by atoms with Crippen molar-refractivity contribution >= 4 is 17.2 Å². The van der Waals surface area contributed by atoms with Crippen LogP contribution < -0.4 is 0 Å². The first-order valence-corrected chi connectivity index (χ1v) is 9.43. The van der Waals surface area contributed by atoms with Gasteiger partial charge in [-0.2, -0.15) is 5.10 Å². The number of nitrogens with zero attached hydrogens (tertiary/aromatic N) is 3. The van der Waals surface area contributed by atoms with Crippen LogP contribution in [-0.4, -0.2) is 40.3 Å². The van der Waals surface area contributed by atoms with Crippen LogP contribution in [0.15, 0.2) is 17.6 Å². The Hall–Kier alpha value is -1.66. The van der Waals surface area contributed by atoms with Crippen LogP contribution in [0.2, 0.25) is 0 Å². The summed E-state index contributed by atoms with van der Waals surface area (Å²) in [6.45, 7) is 4.31. The highest BCUT2D eigenvalue weighted by Crippen LogP contribution is 2.44. The Bertz CT molecular complexity index is 756. The number of piperidine rings is 1. The van der Waals surface area contributed by atoms with Crippen LogP contribution in [0.25, 0.3) is 0 Å². The number of hydrogen-bond acceptors (Lipinski definition) is 4. The number of amides is 1. The molecular formula is C18H23N3O2S.